The molecule has 27 heavy (non-hydrogen) atoms. The summed E-state index contributed by atoms with van der Waals surface area (Å²) in [5, 5.41) is 13.3. The van der Waals surface area contributed by atoms with Crippen molar-refractivity contribution in [2.45, 2.75) is 26.1 Å². The Kier molecular flexibility index (Phi) is 5.98. The SMILES string of the molecule is CC(C)Oc1ccc(-c2cc(NCC(O)c3ccccc3)ncn2)cc1F. The Morgan fingerprint density at radius 1 is 1.07 bits per heavy atom. The molecule has 2 N–H and O–H groups in total. The summed E-state index contributed by atoms with van der Waals surface area (Å²) < 4.78 is 19.6. The van der Waals surface area contributed by atoms with E-state index in [2.05, 4.69) is 15.3 Å². The third-order valence-corrected chi connectivity index (χ3v) is 3.92. The van der Waals surface area contributed by atoms with Crippen LogP contribution in [0.25, 0.3) is 11.3 Å². The predicted octanol–water partition coefficient (Wildman–Crippen LogP) is 4.22. The second kappa shape index (κ2) is 8.60. The molecule has 140 valence electrons. The van der Waals surface area contributed by atoms with E-state index >= 15 is 0 Å². The van der Waals surface area contributed by atoms with Crippen molar-refractivity contribution in [3.05, 3.63) is 72.3 Å². The lowest BCUT2D eigenvalue weighted by Crippen LogP contribution is -2.13. The van der Waals surface area contributed by atoms with E-state index in [0.29, 0.717) is 23.6 Å². The van der Waals surface area contributed by atoms with Crippen LogP contribution in [0, 0.1) is 5.82 Å². The second-order valence-electron chi connectivity index (χ2n) is 6.41. The molecule has 0 amide bonds. The maximum absolute atomic E-state index is 14.2. The molecule has 0 fully saturated rings. The van der Waals surface area contributed by atoms with Crippen LogP contribution in [-0.4, -0.2) is 27.7 Å². The number of aliphatic hydroxyl groups is 1. The van der Waals surface area contributed by atoms with Crippen molar-refractivity contribution in [2.24, 2.45) is 0 Å². The number of nitrogens with one attached hydrogen (secondary N) is 1. The molecule has 0 aliphatic heterocycles. The van der Waals surface area contributed by atoms with Crippen LogP contribution in [0.2, 0.25) is 0 Å². The molecule has 5 nitrogen and oxygen atoms in total. The summed E-state index contributed by atoms with van der Waals surface area (Å²) in [5.74, 6) is 0.332. The van der Waals surface area contributed by atoms with Crippen molar-refractivity contribution in [1.29, 1.82) is 0 Å². The normalized spacial score (nSPS) is 12.0. The lowest BCUT2D eigenvalue weighted by molar-refractivity contribution is 0.191. The molecule has 0 spiro atoms. The smallest absolute Gasteiger partial charge is 0.165 e. The van der Waals surface area contributed by atoms with E-state index in [-0.39, 0.29) is 11.9 Å². The Labute approximate surface area is 157 Å². The fourth-order valence-corrected chi connectivity index (χ4v) is 2.62. The Morgan fingerprint density at radius 2 is 1.85 bits per heavy atom. The van der Waals surface area contributed by atoms with Gasteiger partial charge in [-0.25, -0.2) is 14.4 Å². The predicted molar refractivity (Wildman–Crippen MR) is 103 cm³/mol. The van der Waals surface area contributed by atoms with Crippen LogP contribution in [0.5, 0.6) is 5.75 Å². The van der Waals surface area contributed by atoms with Gasteiger partial charge >= 0.3 is 0 Å². The van der Waals surface area contributed by atoms with Crippen LogP contribution in [0.3, 0.4) is 0 Å². The van der Waals surface area contributed by atoms with E-state index in [9.17, 15) is 9.50 Å². The fraction of sp³-hybridized carbons (Fsp3) is 0.238. The molecule has 1 aromatic heterocycles. The summed E-state index contributed by atoms with van der Waals surface area (Å²) in [4.78, 5) is 8.36. The topological polar surface area (TPSA) is 67.3 Å². The number of hydrogen-bond donors (Lipinski definition) is 2. The minimum absolute atomic E-state index is 0.101. The Balaban J connectivity index is 1.71. The largest absolute Gasteiger partial charge is 0.488 e. The molecule has 1 unspecified atom stereocenters. The van der Waals surface area contributed by atoms with Crippen molar-refractivity contribution in [1.82, 2.24) is 9.97 Å². The van der Waals surface area contributed by atoms with Gasteiger partial charge < -0.3 is 15.2 Å². The third kappa shape index (κ3) is 5.01. The number of halogens is 1. The van der Waals surface area contributed by atoms with Crippen LogP contribution >= 0.6 is 0 Å². The maximum atomic E-state index is 14.2. The van der Waals surface area contributed by atoms with E-state index < -0.39 is 11.9 Å². The second-order valence-corrected chi connectivity index (χ2v) is 6.41. The zero-order valence-electron chi connectivity index (χ0n) is 15.3. The van der Waals surface area contributed by atoms with Gasteiger partial charge in [0.05, 0.1) is 17.9 Å². The minimum Gasteiger partial charge on any atom is -0.488 e. The Bertz CT molecular complexity index is 888. The number of ether oxygens (including phenoxy) is 1. The molecule has 1 heterocycles. The van der Waals surface area contributed by atoms with E-state index in [1.807, 2.05) is 44.2 Å². The first-order valence-corrected chi connectivity index (χ1v) is 8.78. The molecule has 0 bridgehead atoms. The van der Waals surface area contributed by atoms with Gasteiger partial charge in [-0.15, -0.1) is 0 Å². The number of aromatic nitrogens is 2. The summed E-state index contributed by atoms with van der Waals surface area (Å²) >= 11 is 0. The highest BCUT2D eigenvalue weighted by molar-refractivity contribution is 5.63. The van der Waals surface area contributed by atoms with Crippen LogP contribution in [0.1, 0.15) is 25.5 Å². The zero-order valence-corrected chi connectivity index (χ0v) is 15.3. The molecule has 1 atom stereocenters. The average Bonchev–Trinajstić information content (AvgIpc) is 2.68. The lowest BCUT2D eigenvalue weighted by atomic mass is 10.1. The van der Waals surface area contributed by atoms with Gasteiger partial charge in [-0.3, -0.25) is 0 Å². The number of aliphatic hydroxyl groups excluding tert-OH is 1. The molecule has 0 aliphatic rings. The van der Waals surface area contributed by atoms with Crippen LogP contribution < -0.4 is 10.1 Å². The standard InChI is InChI=1S/C21H22FN3O2/c1-14(2)27-20-9-8-16(10-17(20)22)18-11-21(25-13-24-18)23-12-19(26)15-6-4-3-5-7-15/h3-11,13-14,19,26H,12H2,1-2H3,(H,23,24,25). The van der Waals surface area contributed by atoms with Crippen LogP contribution in [0.4, 0.5) is 10.2 Å². The lowest BCUT2D eigenvalue weighted by Gasteiger charge is -2.13. The zero-order chi connectivity index (χ0) is 19.2. The highest BCUT2D eigenvalue weighted by atomic mass is 19.1. The highest BCUT2D eigenvalue weighted by Crippen LogP contribution is 2.26. The van der Waals surface area contributed by atoms with Crippen molar-refractivity contribution < 1.29 is 14.2 Å². The number of rotatable bonds is 7. The summed E-state index contributed by atoms with van der Waals surface area (Å²) in [6.45, 7) is 4.00. The molecule has 6 heteroatoms. The molecular formula is C21H22FN3O2. The molecule has 0 radical (unpaired) electrons. The molecule has 2 aromatic carbocycles. The first kappa shape index (κ1) is 18.8. The van der Waals surface area contributed by atoms with Gasteiger partial charge in [0.1, 0.15) is 12.1 Å². The van der Waals surface area contributed by atoms with Gasteiger partial charge in [-0.1, -0.05) is 30.3 Å². The number of nitrogens with zero attached hydrogens (tertiary/aromatic N) is 2. The van der Waals surface area contributed by atoms with Gasteiger partial charge in [-0.05, 0) is 37.6 Å². The van der Waals surface area contributed by atoms with Crippen molar-refractivity contribution in [2.75, 3.05) is 11.9 Å². The summed E-state index contributed by atoms with van der Waals surface area (Å²) in [6.07, 6.45) is 0.647. The molecule has 0 saturated heterocycles. The Hall–Kier alpha value is -2.99. The molecule has 3 rings (SSSR count). The molecular weight excluding hydrogens is 345 g/mol. The summed E-state index contributed by atoms with van der Waals surface area (Å²) in [7, 11) is 0. The van der Waals surface area contributed by atoms with Crippen LogP contribution in [0.15, 0.2) is 60.9 Å². The fourth-order valence-electron chi connectivity index (χ4n) is 2.62. The van der Waals surface area contributed by atoms with Gasteiger partial charge in [0.25, 0.3) is 0 Å². The first-order chi connectivity index (χ1) is 13.0. The average molecular weight is 367 g/mol. The highest BCUT2D eigenvalue weighted by Gasteiger charge is 2.11. The first-order valence-electron chi connectivity index (χ1n) is 8.78. The maximum Gasteiger partial charge on any atom is 0.165 e. The molecule has 0 saturated carbocycles. The third-order valence-electron chi connectivity index (χ3n) is 3.92. The van der Waals surface area contributed by atoms with Crippen molar-refractivity contribution in [3.63, 3.8) is 0 Å². The van der Waals surface area contributed by atoms with Crippen molar-refractivity contribution in [3.8, 4) is 17.0 Å². The monoisotopic (exact) mass is 367 g/mol. The van der Waals surface area contributed by atoms with E-state index in [1.54, 1.807) is 18.2 Å². The van der Waals surface area contributed by atoms with Gasteiger partial charge in [-0.2, -0.15) is 0 Å². The number of hydrogen-bond acceptors (Lipinski definition) is 5. The van der Waals surface area contributed by atoms with E-state index in [0.717, 1.165) is 5.56 Å². The van der Waals surface area contributed by atoms with Crippen molar-refractivity contribution >= 4 is 5.82 Å². The van der Waals surface area contributed by atoms with E-state index in [1.165, 1.54) is 12.4 Å². The molecule has 0 aliphatic carbocycles. The molecule has 3 aromatic rings. The minimum atomic E-state index is -0.658. The number of benzene rings is 2. The van der Waals surface area contributed by atoms with Gasteiger partial charge in [0.15, 0.2) is 11.6 Å². The van der Waals surface area contributed by atoms with Gasteiger partial charge in [0, 0.05) is 18.2 Å². The Morgan fingerprint density at radius 3 is 2.56 bits per heavy atom. The van der Waals surface area contributed by atoms with Gasteiger partial charge in [0.2, 0.25) is 0 Å². The summed E-state index contributed by atoms with van der Waals surface area (Å²) in [6, 6.07) is 15.8. The van der Waals surface area contributed by atoms with Crippen LogP contribution in [-0.2, 0) is 0 Å². The number of anilines is 1. The van der Waals surface area contributed by atoms with E-state index in [4.69, 9.17) is 4.74 Å². The summed E-state index contributed by atoms with van der Waals surface area (Å²) in [5.41, 5.74) is 2.02. The quantitative estimate of drug-likeness (QED) is 0.655.